The molecule has 0 aliphatic carbocycles. The summed E-state index contributed by atoms with van der Waals surface area (Å²) in [6.45, 7) is 0.538. The van der Waals surface area contributed by atoms with Gasteiger partial charge in [0.2, 0.25) is 0 Å². The molecule has 0 unspecified atom stereocenters. The molecular formula is C22H19FN4O. The highest BCUT2D eigenvalue weighted by atomic mass is 19.1. The SMILES string of the molecule is O=C(NCCc1c[nH]c2ccccc12)c1ccc(Nc2ccc(F)cc2)nc1. The molecule has 4 aromatic rings. The first-order valence-electron chi connectivity index (χ1n) is 9.01. The van der Waals surface area contributed by atoms with E-state index in [-0.39, 0.29) is 11.7 Å². The van der Waals surface area contributed by atoms with Crippen LogP contribution in [0.2, 0.25) is 0 Å². The highest BCUT2D eigenvalue weighted by molar-refractivity contribution is 5.94. The van der Waals surface area contributed by atoms with E-state index in [2.05, 4.69) is 26.7 Å². The maximum absolute atomic E-state index is 12.9. The Bertz CT molecular complexity index is 1090. The molecule has 5 nitrogen and oxygen atoms in total. The van der Waals surface area contributed by atoms with E-state index in [4.69, 9.17) is 0 Å². The quantitative estimate of drug-likeness (QED) is 0.468. The standard InChI is InChI=1S/C22H19FN4O/c23-17-6-8-18(9-7-17)27-21-10-5-16(14-26-21)22(28)24-12-11-15-13-25-20-4-2-1-3-19(15)20/h1-10,13-14,25H,11-12H2,(H,24,28)(H,26,27). The van der Waals surface area contributed by atoms with Crippen LogP contribution in [0.1, 0.15) is 15.9 Å². The normalized spacial score (nSPS) is 10.8. The number of aromatic amines is 1. The molecule has 2 aromatic carbocycles. The van der Waals surface area contributed by atoms with Crippen LogP contribution in [0.15, 0.2) is 73.1 Å². The van der Waals surface area contributed by atoms with E-state index in [9.17, 15) is 9.18 Å². The number of pyridine rings is 1. The molecule has 1 amide bonds. The fraction of sp³-hybridized carbons (Fsp3) is 0.0909. The number of anilines is 2. The van der Waals surface area contributed by atoms with Crippen LogP contribution in [0, 0.1) is 5.82 Å². The zero-order valence-electron chi connectivity index (χ0n) is 15.1. The van der Waals surface area contributed by atoms with Crippen molar-refractivity contribution in [1.29, 1.82) is 0 Å². The van der Waals surface area contributed by atoms with Gasteiger partial charge < -0.3 is 15.6 Å². The lowest BCUT2D eigenvalue weighted by Crippen LogP contribution is -2.25. The third-order valence-electron chi connectivity index (χ3n) is 4.50. The lowest BCUT2D eigenvalue weighted by molar-refractivity contribution is 0.0954. The van der Waals surface area contributed by atoms with Crippen molar-refractivity contribution in [3.63, 3.8) is 0 Å². The molecule has 0 spiro atoms. The van der Waals surface area contributed by atoms with Gasteiger partial charge in [-0.2, -0.15) is 0 Å². The van der Waals surface area contributed by atoms with Crippen molar-refractivity contribution in [3.8, 4) is 0 Å². The number of hydrogen-bond acceptors (Lipinski definition) is 3. The number of amides is 1. The second-order valence-corrected chi connectivity index (χ2v) is 6.43. The molecule has 0 aliphatic heterocycles. The molecule has 0 saturated carbocycles. The van der Waals surface area contributed by atoms with Crippen molar-refractivity contribution in [2.24, 2.45) is 0 Å². The van der Waals surface area contributed by atoms with E-state index >= 15 is 0 Å². The van der Waals surface area contributed by atoms with Crippen LogP contribution in [0.25, 0.3) is 10.9 Å². The van der Waals surface area contributed by atoms with Gasteiger partial charge in [0.15, 0.2) is 0 Å². The van der Waals surface area contributed by atoms with Crippen LogP contribution in [-0.4, -0.2) is 22.4 Å². The van der Waals surface area contributed by atoms with Gasteiger partial charge >= 0.3 is 0 Å². The average Bonchev–Trinajstić information content (AvgIpc) is 3.13. The molecule has 3 N–H and O–H groups in total. The van der Waals surface area contributed by atoms with Crippen molar-refractivity contribution in [2.75, 3.05) is 11.9 Å². The minimum atomic E-state index is -0.293. The Labute approximate surface area is 161 Å². The monoisotopic (exact) mass is 374 g/mol. The van der Waals surface area contributed by atoms with E-state index in [1.807, 2.05) is 24.4 Å². The third kappa shape index (κ3) is 4.01. The number of aromatic nitrogens is 2. The smallest absolute Gasteiger partial charge is 0.252 e. The van der Waals surface area contributed by atoms with Crippen molar-refractivity contribution in [2.45, 2.75) is 6.42 Å². The molecule has 0 aliphatic rings. The number of para-hydroxylation sites is 1. The first-order valence-corrected chi connectivity index (χ1v) is 9.01. The minimum Gasteiger partial charge on any atom is -0.361 e. The van der Waals surface area contributed by atoms with Crippen LogP contribution in [0.5, 0.6) is 0 Å². The summed E-state index contributed by atoms with van der Waals surface area (Å²) in [6.07, 6.45) is 4.24. The highest BCUT2D eigenvalue weighted by Gasteiger charge is 2.08. The Hall–Kier alpha value is -3.67. The summed E-state index contributed by atoms with van der Waals surface area (Å²) in [4.78, 5) is 19.8. The maximum atomic E-state index is 12.9. The Balaban J connectivity index is 1.32. The first-order chi connectivity index (χ1) is 13.7. The molecule has 0 saturated heterocycles. The molecule has 28 heavy (non-hydrogen) atoms. The summed E-state index contributed by atoms with van der Waals surface area (Å²) < 4.78 is 12.9. The highest BCUT2D eigenvalue weighted by Crippen LogP contribution is 2.18. The van der Waals surface area contributed by atoms with Gasteiger partial charge in [-0.25, -0.2) is 9.37 Å². The van der Waals surface area contributed by atoms with E-state index < -0.39 is 0 Å². The zero-order chi connectivity index (χ0) is 19.3. The predicted molar refractivity (Wildman–Crippen MR) is 108 cm³/mol. The number of H-pyrrole nitrogens is 1. The average molecular weight is 374 g/mol. The molecule has 6 heteroatoms. The summed E-state index contributed by atoms with van der Waals surface area (Å²) in [5.41, 5.74) is 3.48. The number of hydrogen-bond donors (Lipinski definition) is 3. The summed E-state index contributed by atoms with van der Waals surface area (Å²) in [6, 6.07) is 17.5. The molecular weight excluding hydrogens is 355 g/mol. The number of carbonyl (C=O) groups is 1. The number of benzene rings is 2. The van der Waals surface area contributed by atoms with E-state index in [1.165, 1.54) is 29.3 Å². The summed E-state index contributed by atoms with van der Waals surface area (Å²) in [7, 11) is 0. The van der Waals surface area contributed by atoms with Gasteiger partial charge in [0.25, 0.3) is 5.91 Å². The molecule has 140 valence electrons. The molecule has 4 rings (SSSR count). The number of fused-ring (bicyclic) bond motifs is 1. The molecule has 0 atom stereocenters. The Morgan fingerprint density at radius 3 is 2.64 bits per heavy atom. The lowest BCUT2D eigenvalue weighted by atomic mass is 10.1. The second-order valence-electron chi connectivity index (χ2n) is 6.43. The number of nitrogens with zero attached hydrogens (tertiary/aromatic N) is 1. The molecule has 0 radical (unpaired) electrons. The van der Waals surface area contributed by atoms with E-state index in [1.54, 1.807) is 24.3 Å². The molecule has 0 bridgehead atoms. The molecule has 2 heterocycles. The lowest BCUT2D eigenvalue weighted by Gasteiger charge is -2.07. The van der Waals surface area contributed by atoms with Crippen molar-refractivity contribution < 1.29 is 9.18 Å². The maximum Gasteiger partial charge on any atom is 0.252 e. The summed E-state index contributed by atoms with van der Waals surface area (Å²) in [5, 5.41) is 7.16. The Morgan fingerprint density at radius 1 is 1.04 bits per heavy atom. The van der Waals surface area contributed by atoms with Gasteiger partial charge in [-0.15, -0.1) is 0 Å². The van der Waals surface area contributed by atoms with E-state index in [0.717, 1.165) is 17.6 Å². The Morgan fingerprint density at radius 2 is 1.86 bits per heavy atom. The number of nitrogens with one attached hydrogen (secondary N) is 3. The van der Waals surface area contributed by atoms with Crippen LogP contribution in [-0.2, 0) is 6.42 Å². The van der Waals surface area contributed by atoms with E-state index in [0.29, 0.717) is 17.9 Å². The molecule has 2 aromatic heterocycles. The van der Waals surface area contributed by atoms with Gasteiger partial charge in [-0.05, 0) is 54.4 Å². The fourth-order valence-electron chi connectivity index (χ4n) is 3.03. The molecule has 0 fully saturated rings. The fourth-order valence-corrected chi connectivity index (χ4v) is 3.03. The van der Waals surface area contributed by atoms with Crippen molar-refractivity contribution in [1.82, 2.24) is 15.3 Å². The zero-order valence-corrected chi connectivity index (χ0v) is 15.1. The minimum absolute atomic E-state index is 0.166. The Kier molecular flexibility index (Phi) is 5.01. The van der Waals surface area contributed by atoms with Gasteiger partial charge in [0.05, 0.1) is 5.56 Å². The van der Waals surface area contributed by atoms with Crippen LogP contribution < -0.4 is 10.6 Å². The topological polar surface area (TPSA) is 69.8 Å². The third-order valence-corrected chi connectivity index (χ3v) is 4.50. The first kappa shape index (κ1) is 17.7. The number of carbonyl (C=O) groups excluding carboxylic acids is 1. The van der Waals surface area contributed by atoms with Crippen molar-refractivity contribution in [3.05, 3.63) is 90.0 Å². The number of rotatable bonds is 6. The van der Waals surface area contributed by atoms with Crippen molar-refractivity contribution >= 4 is 28.3 Å². The predicted octanol–water partition coefficient (Wildman–Crippen LogP) is 4.42. The number of halogens is 1. The van der Waals surface area contributed by atoms with Gasteiger partial charge in [0.1, 0.15) is 11.6 Å². The summed E-state index contributed by atoms with van der Waals surface area (Å²) >= 11 is 0. The van der Waals surface area contributed by atoms with Crippen LogP contribution >= 0.6 is 0 Å². The van der Waals surface area contributed by atoms with Crippen LogP contribution in [0.4, 0.5) is 15.9 Å². The van der Waals surface area contributed by atoms with Gasteiger partial charge in [-0.1, -0.05) is 18.2 Å². The second kappa shape index (κ2) is 7.92. The largest absolute Gasteiger partial charge is 0.361 e. The van der Waals surface area contributed by atoms with Gasteiger partial charge in [0, 0.05) is 35.5 Å². The summed E-state index contributed by atoms with van der Waals surface area (Å²) in [5.74, 6) is 0.126. The van der Waals surface area contributed by atoms with Gasteiger partial charge in [-0.3, -0.25) is 4.79 Å². The van der Waals surface area contributed by atoms with Crippen LogP contribution in [0.3, 0.4) is 0 Å².